The molecule has 128 valence electrons. The van der Waals surface area contributed by atoms with Crippen LogP contribution in [-0.2, 0) is 0 Å². The number of benzene rings is 1. The van der Waals surface area contributed by atoms with E-state index in [0.717, 1.165) is 17.3 Å². The van der Waals surface area contributed by atoms with Crippen molar-refractivity contribution in [3.05, 3.63) is 36.0 Å². The van der Waals surface area contributed by atoms with Crippen molar-refractivity contribution in [1.82, 2.24) is 20.1 Å². The van der Waals surface area contributed by atoms with E-state index in [4.69, 9.17) is 0 Å². The van der Waals surface area contributed by atoms with Crippen LogP contribution in [0, 0.1) is 0 Å². The van der Waals surface area contributed by atoms with E-state index >= 15 is 0 Å². The third kappa shape index (κ3) is 3.37. The molecule has 24 heavy (non-hydrogen) atoms. The summed E-state index contributed by atoms with van der Waals surface area (Å²) in [5.74, 6) is -0.00631. The predicted molar refractivity (Wildman–Crippen MR) is 94.1 cm³/mol. The largest absolute Gasteiger partial charge is 0.351 e. The van der Waals surface area contributed by atoms with Gasteiger partial charge < -0.3 is 20.1 Å². The Balaban J connectivity index is 1.60. The minimum Gasteiger partial charge on any atom is -0.351 e. The summed E-state index contributed by atoms with van der Waals surface area (Å²) >= 11 is 0. The molecule has 2 heterocycles. The van der Waals surface area contributed by atoms with E-state index in [1.54, 1.807) is 9.80 Å². The van der Waals surface area contributed by atoms with Crippen molar-refractivity contribution < 1.29 is 9.59 Å². The molecule has 1 aromatic heterocycles. The molecule has 3 amide bonds. The van der Waals surface area contributed by atoms with Gasteiger partial charge in [-0.1, -0.05) is 25.1 Å². The van der Waals surface area contributed by atoms with Crippen LogP contribution in [0.5, 0.6) is 0 Å². The van der Waals surface area contributed by atoms with E-state index in [2.05, 4.69) is 10.3 Å². The number of para-hydroxylation sites is 1. The lowest BCUT2D eigenvalue weighted by atomic mass is 10.2. The molecule has 1 aliphatic rings. The van der Waals surface area contributed by atoms with E-state index in [0.29, 0.717) is 31.9 Å². The Morgan fingerprint density at radius 1 is 1.17 bits per heavy atom. The maximum atomic E-state index is 12.6. The number of carbonyl (C=O) groups is 2. The second-order valence-electron chi connectivity index (χ2n) is 6.31. The van der Waals surface area contributed by atoms with Crippen molar-refractivity contribution >= 4 is 22.8 Å². The van der Waals surface area contributed by atoms with Gasteiger partial charge in [0, 0.05) is 43.1 Å². The van der Waals surface area contributed by atoms with Crippen molar-refractivity contribution in [3.8, 4) is 0 Å². The summed E-state index contributed by atoms with van der Waals surface area (Å²) in [5.41, 5.74) is 1.57. The minimum atomic E-state index is -0.0398. The second-order valence-corrected chi connectivity index (χ2v) is 6.31. The molecule has 1 atom stereocenters. The van der Waals surface area contributed by atoms with Gasteiger partial charge in [-0.3, -0.25) is 4.79 Å². The highest BCUT2D eigenvalue weighted by Gasteiger charge is 2.26. The third-order valence-electron chi connectivity index (χ3n) is 4.60. The summed E-state index contributed by atoms with van der Waals surface area (Å²) in [6.07, 6.45) is 0.907. The summed E-state index contributed by atoms with van der Waals surface area (Å²) in [5, 5.41) is 4.00. The fourth-order valence-electron chi connectivity index (χ4n) is 2.88. The Labute approximate surface area is 141 Å². The summed E-state index contributed by atoms with van der Waals surface area (Å²) in [7, 11) is 0. The number of amides is 3. The topological polar surface area (TPSA) is 68.4 Å². The number of H-pyrrole nitrogens is 1. The van der Waals surface area contributed by atoms with Crippen LogP contribution >= 0.6 is 0 Å². The van der Waals surface area contributed by atoms with E-state index in [9.17, 15) is 9.59 Å². The third-order valence-corrected chi connectivity index (χ3v) is 4.60. The van der Waals surface area contributed by atoms with Gasteiger partial charge in [-0.15, -0.1) is 0 Å². The lowest BCUT2D eigenvalue weighted by Crippen LogP contribution is -2.54. The molecular weight excluding hydrogens is 304 g/mol. The zero-order valence-corrected chi connectivity index (χ0v) is 14.2. The summed E-state index contributed by atoms with van der Waals surface area (Å²) < 4.78 is 0. The maximum Gasteiger partial charge on any atom is 0.317 e. The quantitative estimate of drug-likeness (QED) is 0.908. The van der Waals surface area contributed by atoms with Crippen LogP contribution in [0.25, 0.3) is 10.9 Å². The monoisotopic (exact) mass is 328 g/mol. The summed E-state index contributed by atoms with van der Waals surface area (Å²) in [4.78, 5) is 31.5. The van der Waals surface area contributed by atoms with E-state index in [-0.39, 0.29) is 18.0 Å². The highest BCUT2D eigenvalue weighted by molar-refractivity contribution is 5.98. The van der Waals surface area contributed by atoms with Crippen molar-refractivity contribution in [2.45, 2.75) is 26.3 Å². The number of nitrogens with zero attached hydrogens (tertiary/aromatic N) is 2. The molecule has 1 fully saturated rings. The van der Waals surface area contributed by atoms with Gasteiger partial charge in [0.25, 0.3) is 5.91 Å². The number of hydrogen-bond donors (Lipinski definition) is 2. The van der Waals surface area contributed by atoms with Gasteiger partial charge in [0.2, 0.25) is 0 Å². The summed E-state index contributed by atoms with van der Waals surface area (Å²) in [6, 6.07) is 9.87. The van der Waals surface area contributed by atoms with Gasteiger partial charge >= 0.3 is 6.03 Å². The highest BCUT2D eigenvalue weighted by Crippen LogP contribution is 2.17. The van der Waals surface area contributed by atoms with Gasteiger partial charge in [0.05, 0.1) is 0 Å². The Hall–Kier alpha value is -2.50. The molecule has 1 saturated heterocycles. The lowest BCUT2D eigenvalue weighted by Gasteiger charge is -2.35. The van der Waals surface area contributed by atoms with Crippen LogP contribution in [0.2, 0.25) is 0 Å². The molecule has 0 bridgehead atoms. The number of carbonyl (C=O) groups excluding carboxylic acids is 2. The average molecular weight is 328 g/mol. The first-order chi connectivity index (χ1) is 11.6. The molecule has 2 aromatic rings. The number of urea groups is 1. The van der Waals surface area contributed by atoms with Crippen molar-refractivity contribution in [3.63, 3.8) is 0 Å². The molecule has 3 rings (SSSR count). The van der Waals surface area contributed by atoms with Crippen LogP contribution in [-0.4, -0.2) is 58.9 Å². The fraction of sp³-hybridized carbons (Fsp3) is 0.444. The van der Waals surface area contributed by atoms with Crippen LogP contribution in [0.4, 0.5) is 4.79 Å². The van der Waals surface area contributed by atoms with E-state index < -0.39 is 0 Å². The number of aromatic amines is 1. The van der Waals surface area contributed by atoms with E-state index in [1.165, 1.54) is 0 Å². The standard InChI is InChI=1S/C18H24N4O2/c1-3-13(2)19-18(24)22-10-8-21(9-11-22)17(23)16-12-14-6-4-5-7-15(14)20-16/h4-7,12-13,20H,3,8-11H2,1-2H3,(H,19,24). The van der Waals surface area contributed by atoms with Crippen LogP contribution in [0.15, 0.2) is 30.3 Å². The number of piperazine rings is 1. The van der Waals surface area contributed by atoms with Crippen LogP contribution in [0.1, 0.15) is 30.8 Å². The molecule has 1 aliphatic heterocycles. The van der Waals surface area contributed by atoms with Crippen LogP contribution in [0.3, 0.4) is 0 Å². The van der Waals surface area contributed by atoms with Gasteiger partial charge in [-0.2, -0.15) is 0 Å². The number of nitrogens with one attached hydrogen (secondary N) is 2. The SMILES string of the molecule is CCC(C)NC(=O)N1CCN(C(=O)c2cc3ccccc3[nH]2)CC1. The van der Waals surface area contributed by atoms with Gasteiger partial charge in [-0.25, -0.2) is 4.79 Å². The highest BCUT2D eigenvalue weighted by atomic mass is 16.2. The van der Waals surface area contributed by atoms with Gasteiger partial charge in [0.1, 0.15) is 5.69 Å². The zero-order valence-electron chi connectivity index (χ0n) is 14.2. The first-order valence-corrected chi connectivity index (χ1v) is 8.51. The fourth-order valence-corrected chi connectivity index (χ4v) is 2.88. The number of aromatic nitrogens is 1. The molecule has 0 aliphatic carbocycles. The van der Waals surface area contributed by atoms with Gasteiger partial charge in [0.15, 0.2) is 0 Å². The average Bonchev–Trinajstić information content (AvgIpc) is 3.05. The van der Waals surface area contributed by atoms with Gasteiger partial charge in [-0.05, 0) is 25.5 Å². The smallest absolute Gasteiger partial charge is 0.317 e. The van der Waals surface area contributed by atoms with Crippen LogP contribution < -0.4 is 5.32 Å². The molecule has 0 saturated carbocycles. The number of fused-ring (bicyclic) bond motifs is 1. The Morgan fingerprint density at radius 3 is 2.50 bits per heavy atom. The predicted octanol–water partition coefficient (Wildman–Crippen LogP) is 2.43. The van der Waals surface area contributed by atoms with Crippen molar-refractivity contribution in [1.29, 1.82) is 0 Å². The molecule has 0 spiro atoms. The molecule has 1 unspecified atom stereocenters. The minimum absolute atomic E-state index is 0.00631. The lowest BCUT2D eigenvalue weighted by molar-refractivity contribution is 0.0659. The van der Waals surface area contributed by atoms with Crippen molar-refractivity contribution in [2.75, 3.05) is 26.2 Å². The first kappa shape index (κ1) is 16.4. The molecule has 0 radical (unpaired) electrons. The first-order valence-electron chi connectivity index (χ1n) is 8.51. The Bertz CT molecular complexity index is 698. The number of hydrogen-bond acceptors (Lipinski definition) is 2. The summed E-state index contributed by atoms with van der Waals surface area (Å²) in [6.45, 7) is 6.28. The molecular formula is C18H24N4O2. The molecule has 6 nitrogen and oxygen atoms in total. The van der Waals surface area contributed by atoms with E-state index in [1.807, 2.05) is 44.2 Å². The second kappa shape index (κ2) is 6.95. The zero-order chi connectivity index (χ0) is 17.1. The number of rotatable bonds is 3. The Kier molecular flexibility index (Phi) is 4.74. The molecule has 6 heteroatoms. The molecule has 2 N–H and O–H groups in total. The van der Waals surface area contributed by atoms with Crippen molar-refractivity contribution in [2.24, 2.45) is 0 Å². The molecule has 1 aromatic carbocycles. The Morgan fingerprint density at radius 2 is 1.83 bits per heavy atom. The maximum absolute atomic E-state index is 12.6. The normalized spacial score (nSPS) is 16.2.